The van der Waals surface area contributed by atoms with Gasteiger partial charge in [-0.25, -0.2) is 15.3 Å². The summed E-state index contributed by atoms with van der Waals surface area (Å²) in [5.74, 6) is 0. The van der Waals surface area contributed by atoms with Crippen LogP contribution in [0.5, 0.6) is 0 Å². The summed E-state index contributed by atoms with van der Waals surface area (Å²) in [6.07, 6.45) is 11.3. The fourth-order valence-corrected chi connectivity index (χ4v) is 3.03. The Bertz CT molecular complexity index is 564. The predicted molar refractivity (Wildman–Crippen MR) is 78.3 cm³/mol. The van der Waals surface area contributed by atoms with Gasteiger partial charge < -0.3 is 13.8 Å². The first kappa shape index (κ1) is 12.7. The first-order chi connectivity index (χ1) is 9.57. The summed E-state index contributed by atoms with van der Waals surface area (Å²) >= 11 is 0. The zero-order valence-corrected chi connectivity index (χ0v) is 12.0. The molecule has 3 aromatic rings. The Balaban J connectivity index is 2.37. The standard InChI is InChI=1S/C13H18BN6/c1-13(2,3)14(18-10-4-7-15-18,19-11-5-8-16-19)20-12-6-9-17-20/h4-12H,1-3H3/q-1. The van der Waals surface area contributed by atoms with E-state index in [1.54, 1.807) is 18.6 Å². The SMILES string of the molecule is CC(C)(C)[B-](n1cccn1)(n1cccn1)n1cccn1. The van der Waals surface area contributed by atoms with Gasteiger partial charge in [0, 0.05) is 18.6 Å². The summed E-state index contributed by atoms with van der Waals surface area (Å²) in [4.78, 5) is 0. The van der Waals surface area contributed by atoms with E-state index in [0.717, 1.165) is 0 Å². The molecule has 0 saturated heterocycles. The van der Waals surface area contributed by atoms with E-state index in [4.69, 9.17) is 0 Å². The molecule has 0 aromatic carbocycles. The van der Waals surface area contributed by atoms with E-state index in [-0.39, 0.29) is 5.31 Å². The molecule has 0 amide bonds. The van der Waals surface area contributed by atoms with E-state index in [1.807, 2.05) is 50.6 Å². The van der Waals surface area contributed by atoms with Crippen molar-refractivity contribution in [3.63, 3.8) is 0 Å². The minimum absolute atomic E-state index is 0.149. The molecule has 0 aliphatic heterocycles. The number of hydrogen-bond acceptors (Lipinski definition) is 3. The van der Waals surface area contributed by atoms with Gasteiger partial charge in [-0.05, 0) is 36.8 Å². The summed E-state index contributed by atoms with van der Waals surface area (Å²) in [7, 11) is 0. The molecule has 3 heterocycles. The van der Waals surface area contributed by atoms with Crippen LogP contribution in [0.2, 0.25) is 5.31 Å². The van der Waals surface area contributed by atoms with E-state index in [2.05, 4.69) is 36.1 Å². The maximum Gasteiger partial charge on any atom is 0.345 e. The highest BCUT2D eigenvalue weighted by Crippen LogP contribution is 2.37. The molecule has 7 heteroatoms. The van der Waals surface area contributed by atoms with Crippen LogP contribution in [0.1, 0.15) is 20.8 Å². The molecule has 20 heavy (non-hydrogen) atoms. The zero-order valence-electron chi connectivity index (χ0n) is 12.0. The molecule has 0 aliphatic rings. The van der Waals surface area contributed by atoms with E-state index in [1.165, 1.54) is 0 Å². The lowest BCUT2D eigenvalue weighted by Gasteiger charge is -2.51. The van der Waals surface area contributed by atoms with Gasteiger partial charge in [0.1, 0.15) is 0 Å². The molecule has 0 aliphatic carbocycles. The van der Waals surface area contributed by atoms with Gasteiger partial charge in [0.25, 0.3) is 0 Å². The molecule has 0 saturated carbocycles. The zero-order chi connectivity index (χ0) is 14.2. The summed E-state index contributed by atoms with van der Waals surface area (Å²) in [5.41, 5.74) is 0. The number of hydrogen-bond donors (Lipinski definition) is 0. The van der Waals surface area contributed by atoms with Gasteiger partial charge in [-0.15, -0.1) is 0 Å². The third-order valence-corrected chi connectivity index (χ3v) is 3.84. The smallest absolute Gasteiger partial charge is 0.345 e. The molecular weight excluding hydrogens is 251 g/mol. The lowest BCUT2D eigenvalue weighted by molar-refractivity contribution is 0.582. The molecule has 0 bridgehead atoms. The minimum Gasteiger partial charge on any atom is -0.400 e. The molecule has 0 radical (unpaired) electrons. The van der Waals surface area contributed by atoms with Gasteiger partial charge in [0.15, 0.2) is 0 Å². The highest BCUT2D eigenvalue weighted by atomic mass is 15.5. The molecule has 3 rings (SSSR count). The van der Waals surface area contributed by atoms with Gasteiger partial charge in [0.05, 0.1) is 0 Å². The average molecular weight is 269 g/mol. The summed E-state index contributed by atoms with van der Waals surface area (Å²) in [5, 5.41) is 13.3. The normalized spacial score (nSPS) is 12.8. The van der Waals surface area contributed by atoms with Crippen molar-refractivity contribution in [1.82, 2.24) is 29.1 Å². The van der Waals surface area contributed by atoms with Crippen LogP contribution in [0.3, 0.4) is 0 Å². The first-order valence-electron chi connectivity index (χ1n) is 6.71. The van der Waals surface area contributed by atoms with Crippen LogP contribution in [-0.4, -0.2) is 35.6 Å². The Labute approximate surface area is 118 Å². The number of nitrogens with zero attached hydrogens (tertiary/aromatic N) is 6. The molecule has 0 fully saturated rings. The van der Waals surface area contributed by atoms with Crippen LogP contribution in [0.15, 0.2) is 55.4 Å². The third-order valence-electron chi connectivity index (χ3n) is 3.84. The molecule has 0 atom stereocenters. The van der Waals surface area contributed by atoms with Crippen molar-refractivity contribution in [2.24, 2.45) is 0 Å². The van der Waals surface area contributed by atoms with E-state index in [9.17, 15) is 0 Å². The van der Waals surface area contributed by atoms with Crippen LogP contribution in [-0.2, 0) is 0 Å². The van der Waals surface area contributed by atoms with Crippen LogP contribution >= 0.6 is 0 Å². The topological polar surface area (TPSA) is 53.5 Å². The van der Waals surface area contributed by atoms with Crippen molar-refractivity contribution in [1.29, 1.82) is 0 Å². The van der Waals surface area contributed by atoms with Gasteiger partial charge in [-0.1, -0.05) is 26.1 Å². The van der Waals surface area contributed by atoms with Crippen LogP contribution < -0.4 is 0 Å². The highest BCUT2D eigenvalue weighted by molar-refractivity contribution is 6.77. The van der Waals surface area contributed by atoms with E-state index >= 15 is 0 Å². The summed E-state index contributed by atoms with van der Waals surface area (Å²) < 4.78 is 5.88. The molecule has 0 spiro atoms. The molecule has 6 nitrogen and oxygen atoms in total. The van der Waals surface area contributed by atoms with E-state index < -0.39 is 6.55 Å². The maximum absolute atomic E-state index is 4.49. The second-order valence-corrected chi connectivity index (χ2v) is 6.06. The van der Waals surface area contributed by atoms with E-state index in [0.29, 0.717) is 0 Å². The summed E-state index contributed by atoms with van der Waals surface area (Å²) in [6.45, 7) is 5.01. The molecule has 104 valence electrons. The van der Waals surface area contributed by atoms with Crippen molar-refractivity contribution >= 4 is 6.55 Å². The third kappa shape index (κ3) is 1.62. The molecule has 0 unspecified atom stereocenters. The van der Waals surface area contributed by atoms with Crippen molar-refractivity contribution in [2.75, 3.05) is 0 Å². The lowest BCUT2D eigenvalue weighted by atomic mass is 9.41. The molecule has 3 aromatic heterocycles. The van der Waals surface area contributed by atoms with Crippen LogP contribution in [0.4, 0.5) is 0 Å². The quantitative estimate of drug-likeness (QED) is 0.683. The number of rotatable bonds is 3. The minimum atomic E-state index is -1.52. The Morgan fingerprint density at radius 1 is 0.700 bits per heavy atom. The van der Waals surface area contributed by atoms with Crippen molar-refractivity contribution < 1.29 is 0 Å². The Morgan fingerprint density at radius 3 is 1.25 bits per heavy atom. The summed E-state index contributed by atoms with van der Waals surface area (Å²) in [6, 6.07) is 5.78. The van der Waals surface area contributed by atoms with Crippen molar-refractivity contribution in [2.45, 2.75) is 26.1 Å². The van der Waals surface area contributed by atoms with Gasteiger partial charge in [-0.3, -0.25) is 0 Å². The Morgan fingerprint density at radius 2 is 1.05 bits per heavy atom. The largest absolute Gasteiger partial charge is 0.400 e. The monoisotopic (exact) mass is 269 g/mol. The highest BCUT2D eigenvalue weighted by Gasteiger charge is 2.45. The Kier molecular flexibility index (Phi) is 2.77. The van der Waals surface area contributed by atoms with Gasteiger partial charge in [-0.2, -0.15) is 0 Å². The fourth-order valence-electron chi connectivity index (χ4n) is 3.03. The average Bonchev–Trinajstić information content (AvgIpc) is 3.13. The maximum atomic E-state index is 4.49. The van der Waals surface area contributed by atoms with Crippen molar-refractivity contribution in [3.05, 3.63) is 55.4 Å². The van der Waals surface area contributed by atoms with Crippen LogP contribution in [0, 0.1) is 0 Å². The van der Waals surface area contributed by atoms with Gasteiger partial charge >= 0.3 is 6.55 Å². The number of aromatic nitrogens is 6. The molecular formula is C13H18BN6-. The van der Waals surface area contributed by atoms with Gasteiger partial charge in [0.2, 0.25) is 0 Å². The predicted octanol–water partition coefficient (Wildman–Crippen LogP) is 1.96. The van der Waals surface area contributed by atoms with Crippen LogP contribution in [0.25, 0.3) is 0 Å². The second-order valence-electron chi connectivity index (χ2n) is 6.06. The Hall–Kier alpha value is -2.31. The lowest BCUT2D eigenvalue weighted by Crippen LogP contribution is -2.65. The fraction of sp³-hybridized carbons (Fsp3) is 0.308. The first-order valence-corrected chi connectivity index (χ1v) is 6.71. The second kappa shape index (κ2) is 4.36. The van der Waals surface area contributed by atoms with Crippen molar-refractivity contribution in [3.8, 4) is 0 Å². The molecule has 0 N–H and O–H groups in total.